The van der Waals surface area contributed by atoms with E-state index in [1.54, 1.807) is 18.2 Å². The van der Waals surface area contributed by atoms with Crippen LogP contribution in [0.5, 0.6) is 0 Å². The number of rotatable bonds is 3. The lowest BCUT2D eigenvalue weighted by molar-refractivity contribution is 0.0695. The number of carboxylic acids is 1. The molecular formula is C22H21N3O4. The average Bonchev–Trinajstić information content (AvgIpc) is 2.75. The van der Waals surface area contributed by atoms with E-state index in [2.05, 4.69) is 10.2 Å². The zero-order valence-corrected chi connectivity index (χ0v) is 15.8. The van der Waals surface area contributed by atoms with E-state index < -0.39 is 23.0 Å². The molecule has 148 valence electrons. The van der Waals surface area contributed by atoms with Gasteiger partial charge in [0, 0.05) is 24.7 Å². The van der Waals surface area contributed by atoms with E-state index in [4.69, 9.17) is 0 Å². The van der Waals surface area contributed by atoms with Crippen LogP contribution in [0.25, 0.3) is 10.9 Å². The summed E-state index contributed by atoms with van der Waals surface area (Å²) in [5.41, 5.74) is 0.896. The van der Waals surface area contributed by atoms with Crippen molar-refractivity contribution in [1.82, 2.24) is 4.57 Å². The van der Waals surface area contributed by atoms with Crippen LogP contribution >= 0.6 is 0 Å². The minimum atomic E-state index is -1.36. The molecule has 0 saturated carbocycles. The summed E-state index contributed by atoms with van der Waals surface area (Å²) in [4.78, 5) is 39.3. The van der Waals surface area contributed by atoms with Crippen molar-refractivity contribution in [2.75, 3.05) is 23.3 Å². The third kappa shape index (κ3) is 3.59. The van der Waals surface area contributed by atoms with Crippen molar-refractivity contribution < 1.29 is 14.7 Å². The number of hydrogen-bond acceptors (Lipinski definition) is 4. The minimum Gasteiger partial charge on any atom is -0.477 e. The summed E-state index contributed by atoms with van der Waals surface area (Å²) in [5.74, 6) is -1.36. The molecule has 0 unspecified atom stereocenters. The van der Waals surface area contributed by atoms with E-state index in [1.165, 1.54) is 17.1 Å². The average molecular weight is 391 g/mol. The number of hydrogen-bond donors (Lipinski definition) is 2. The number of anilines is 2. The third-order valence-corrected chi connectivity index (χ3v) is 5.20. The van der Waals surface area contributed by atoms with Crippen LogP contribution in [0.1, 0.15) is 29.6 Å². The molecule has 1 saturated heterocycles. The molecule has 7 heteroatoms. The summed E-state index contributed by atoms with van der Waals surface area (Å²) in [6, 6.07) is 13.5. The van der Waals surface area contributed by atoms with Crippen molar-refractivity contribution in [2.24, 2.45) is 0 Å². The van der Waals surface area contributed by atoms with Crippen LogP contribution in [-0.4, -0.2) is 34.8 Å². The topological polar surface area (TPSA) is 91.6 Å². The number of aromatic carboxylic acids is 1. The molecule has 1 aromatic heterocycles. The van der Waals surface area contributed by atoms with Gasteiger partial charge in [-0.15, -0.1) is 0 Å². The number of carbonyl (C=O) groups is 2. The van der Waals surface area contributed by atoms with Gasteiger partial charge in [-0.1, -0.05) is 24.3 Å². The predicted molar refractivity (Wildman–Crippen MR) is 112 cm³/mol. The first kappa shape index (κ1) is 18.7. The van der Waals surface area contributed by atoms with Crippen LogP contribution in [0.3, 0.4) is 0 Å². The predicted octanol–water partition coefficient (Wildman–Crippen LogP) is 3.77. The van der Waals surface area contributed by atoms with E-state index in [1.807, 2.05) is 24.3 Å². The van der Waals surface area contributed by atoms with Gasteiger partial charge >= 0.3 is 12.0 Å². The maximum Gasteiger partial charge on any atom is 0.341 e. The van der Waals surface area contributed by atoms with E-state index in [0.29, 0.717) is 11.2 Å². The van der Waals surface area contributed by atoms with Crippen molar-refractivity contribution in [1.29, 1.82) is 0 Å². The standard InChI is InChI=1S/C22H21N3O4/c26-20-15-8-2-4-10-18(15)25(14-16(20)21(27)28)22(29)23-17-9-3-5-11-19(17)24-12-6-1-7-13-24/h2-5,8-11,14H,1,6-7,12-13H2,(H,23,29)(H,27,28). The molecule has 4 rings (SSSR count). The van der Waals surface area contributed by atoms with Crippen molar-refractivity contribution in [3.05, 3.63) is 70.5 Å². The van der Waals surface area contributed by atoms with E-state index in [9.17, 15) is 19.5 Å². The largest absolute Gasteiger partial charge is 0.477 e. The highest BCUT2D eigenvalue weighted by Crippen LogP contribution is 2.28. The Morgan fingerprint density at radius 2 is 1.62 bits per heavy atom. The number of carbonyl (C=O) groups excluding carboxylic acids is 1. The summed E-state index contributed by atoms with van der Waals surface area (Å²) < 4.78 is 1.19. The maximum absolute atomic E-state index is 13.1. The number of para-hydroxylation sites is 3. The van der Waals surface area contributed by atoms with Crippen molar-refractivity contribution >= 4 is 34.3 Å². The first-order chi connectivity index (χ1) is 14.1. The molecule has 1 fully saturated rings. The molecule has 2 aromatic carbocycles. The number of benzene rings is 2. The highest BCUT2D eigenvalue weighted by atomic mass is 16.4. The second-order valence-electron chi connectivity index (χ2n) is 7.06. The van der Waals surface area contributed by atoms with Gasteiger partial charge in [-0.2, -0.15) is 0 Å². The summed E-state index contributed by atoms with van der Waals surface area (Å²) >= 11 is 0. The van der Waals surface area contributed by atoms with Gasteiger partial charge in [0.05, 0.1) is 16.9 Å². The van der Waals surface area contributed by atoms with Crippen LogP contribution in [0.2, 0.25) is 0 Å². The van der Waals surface area contributed by atoms with E-state index in [-0.39, 0.29) is 5.39 Å². The van der Waals surface area contributed by atoms with Gasteiger partial charge in [0.25, 0.3) is 0 Å². The highest BCUT2D eigenvalue weighted by molar-refractivity contribution is 6.02. The summed E-state index contributed by atoms with van der Waals surface area (Å²) in [6.45, 7) is 1.86. The van der Waals surface area contributed by atoms with Gasteiger partial charge < -0.3 is 15.3 Å². The zero-order chi connectivity index (χ0) is 20.4. The zero-order valence-electron chi connectivity index (χ0n) is 15.8. The second-order valence-corrected chi connectivity index (χ2v) is 7.06. The molecule has 1 aliphatic heterocycles. The summed E-state index contributed by atoms with van der Waals surface area (Å²) in [6.07, 6.45) is 4.50. The monoisotopic (exact) mass is 391 g/mol. The number of fused-ring (bicyclic) bond motifs is 1. The number of amides is 1. The van der Waals surface area contributed by atoms with Gasteiger partial charge in [0.1, 0.15) is 5.56 Å². The minimum absolute atomic E-state index is 0.187. The van der Waals surface area contributed by atoms with Crippen molar-refractivity contribution in [3.8, 4) is 0 Å². The van der Waals surface area contributed by atoms with E-state index >= 15 is 0 Å². The first-order valence-electron chi connectivity index (χ1n) is 9.59. The number of piperidine rings is 1. The van der Waals surface area contributed by atoms with Crippen LogP contribution < -0.4 is 15.6 Å². The van der Waals surface area contributed by atoms with Crippen molar-refractivity contribution in [3.63, 3.8) is 0 Å². The molecule has 0 bridgehead atoms. The van der Waals surface area contributed by atoms with Gasteiger partial charge in [-0.05, 0) is 43.5 Å². The van der Waals surface area contributed by atoms with Gasteiger partial charge in [0.15, 0.2) is 0 Å². The summed E-state index contributed by atoms with van der Waals surface area (Å²) in [5, 5.41) is 12.5. The Hall–Kier alpha value is -3.61. The Morgan fingerprint density at radius 1 is 0.931 bits per heavy atom. The Labute approximate surface area is 167 Å². The molecule has 0 spiro atoms. The quantitative estimate of drug-likeness (QED) is 0.709. The molecule has 2 heterocycles. The van der Waals surface area contributed by atoms with Gasteiger partial charge in [0.2, 0.25) is 5.43 Å². The number of nitrogens with one attached hydrogen (secondary N) is 1. The normalized spacial score (nSPS) is 14.0. The number of nitrogens with zero attached hydrogens (tertiary/aromatic N) is 2. The molecule has 1 aliphatic rings. The number of carboxylic acid groups (broad SMARTS) is 1. The Bertz CT molecular complexity index is 1150. The van der Waals surface area contributed by atoms with Crippen LogP contribution in [-0.2, 0) is 0 Å². The number of aromatic nitrogens is 1. The molecule has 1 amide bonds. The molecule has 0 atom stereocenters. The SMILES string of the molecule is O=C(O)c1cn(C(=O)Nc2ccccc2N2CCCCC2)c2ccccc2c1=O. The smallest absolute Gasteiger partial charge is 0.341 e. The lowest BCUT2D eigenvalue weighted by Gasteiger charge is -2.30. The third-order valence-electron chi connectivity index (χ3n) is 5.20. The Balaban J connectivity index is 1.75. The Morgan fingerprint density at radius 3 is 2.38 bits per heavy atom. The lowest BCUT2D eigenvalue weighted by atomic mass is 10.1. The summed E-state index contributed by atoms with van der Waals surface area (Å²) in [7, 11) is 0. The fourth-order valence-corrected chi connectivity index (χ4v) is 3.76. The molecule has 0 aliphatic carbocycles. The van der Waals surface area contributed by atoms with Gasteiger partial charge in [-0.3, -0.25) is 9.36 Å². The molecule has 7 nitrogen and oxygen atoms in total. The highest BCUT2D eigenvalue weighted by Gasteiger charge is 2.19. The first-order valence-corrected chi connectivity index (χ1v) is 9.59. The lowest BCUT2D eigenvalue weighted by Crippen LogP contribution is -2.31. The van der Waals surface area contributed by atoms with Gasteiger partial charge in [-0.25, -0.2) is 9.59 Å². The van der Waals surface area contributed by atoms with Crippen LogP contribution in [0, 0.1) is 0 Å². The van der Waals surface area contributed by atoms with E-state index in [0.717, 1.165) is 37.8 Å². The van der Waals surface area contributed by atoms with Crippen molar-refractivity contribution in [2.45, 2.75) is 19.3 Å². The Kier molecular flexibility index (Phi) is 5.03. The maximum atomic E-state index is 13.1. The molecule has 3 aromatic rings. The van der Waals surface area contributed by atoms with Crippen LogP contribution in [0.15, 0.2) is 59.5 Å². The fraction of sp³-hybridized carbons (Fsp3) is 0.227. The second kappa shape index (κ2) is 7.79. The number of pyridine rings is 1. The molecular weight excluding hydrogens is 370 g/mol. The fourth-order valence-electron chi connectivity index (χ4n) is 3.76. The molecule has 2 N–H and O–H groups in total. The molecule has 29 heavy (non-hydrogen) atoms. The van der Waals surface area contributed by atoms with Crippen LogP contribution in [0.4, 0.5) is 16.2 Å². The molecule has 0 radical (unpaired) electrons.